The van der Waals surface area contributed by atoms with Crippen LogP contribution in [-0.2, 0) is 11.3 Å². The molecule has 0 aromatic carbocycles. The van der Waals surface area contributed by atoms with Gasteiger partial charge in [0, 0.05) is 18.0 Å². The molecule has 0 aliphatic rings. The van der Waals surface area contributed by atoms with Crippen molar-refractivity contribution in [3.8, 4) is 0 Å². The van der Waals surface area contributed by atoms with E-state index in [1.807, 2.05) is 19.9 Å². The Bertz CT molecular complexity index is 734. The van der Waals surface area contributed by atoms with Crippen LogP contribution in [0.25, 0.3) is 10.2 Å². The SMILES string of the molecule is C=CCNC(=O)CSc1nc2sc(C)cc2c(=O)n1CC. The van der Waals surface area contributed by atoms with E-state index in [1.54, 1.807) is 10.6 Å². The maximum absolute atomic E-state index is 12.4. The molecule has 2 heterocycles. The van der Waals surface area contributed by atoms with Gasteiger partial charge in [0.15, 0.2) is 5.16 Å². The number of nitrogens with one attached hydrogen (secondary N) is 1. The molecule has 1 N–H and O–H groups in total. The maximum Gasteiger partial charge on any atom is 0.262 e. The molecule has 0 atom stereocenters. The van der Waals surface area contributed by atoms with Crippen LogP contribution in [0.5, 0.6) is 0 Å². The van der Waals surface area contributed by atoms with Crippen molar-refractivity contribution in [2.45, 2.75) is 25.5 Å². The molecule has 2 rings (SSSR count). The summed E-state index contributed by atoms with van der Waals surface area (Å²) in [7, 11) is 0. The summed E-state index contributed by atoms with van der Waals surface area (Å²) in [6.45, 7) is 8.38. The number of thiophene rings is 1. The molecule has 2 aromatic heterocycles. The van der Waals surface area contributed by atoms with Gasteiger partial charge in [0.25, 0.3) is 5.56 Å². The quantitative estimate of drug-likeness (QED) is 0.503. The fraction of sp³-hybridized carbons (Fsp3) is 0.357. The second-order valence-electron chi connectivity index (χ2n) is 4.40. The molecule has 0 saturated heterocycles. The first-order chi connectivity index (χ1) is 10.1. The summed E-state index contributed by atoms with van der Waals surface area (Å²) in [5.41, 5.74) is -0.0409. The minimum absolute atomic E-state index is 0.0409. The van der Waals surface area contributed by atoms with Crippen molar-refractivity contribution >= 4 is 39.2 Å². The number of hydrogen-bond donors (Lipinski definition) is 1. The van der Waals surface area contributed by atoms with Gasteiger partial charge in [-0.3, -0.25) is 14.2 Å². The van der Waals surface area contributed by atoms with Crippen molar-refractivity contribution in [2.75, 3.05) is 12.3 Å². The zero-order valence-corrected chi connectivity index (χ0v) is 13.6. The molecule has 0 bridgehead atoms. The summed E-state index contributed by atoms with van der Waals surface area (Å²) in [6.07, 6.45) is 1.63. The van der Waals surface area contributed by atoms with E-state index >= 15 is 0 Å². The largest absolute Gasteiger partial charge is 0.352 e. The average Bonchev–Trinajstić information content (AvgIpc) is 2.83. The second kappa shape index (κ2) is 6.91. The molecule has 0 spiro atoms. The number of carbonyl (C=O) groups is 1. The minimum atomic E-state index is -0.0979. The number of amides is 1. The van der Waals surface area contributed by atoms with Gasteiger partial charge in [0.1, 0.15) is 4.83 Å². The Morgan fingerprint density at radius 2 is 2.38 bits per heavy atom. The van der Waals surface area contributed by atoms with Gasteiger partial charge in [-0.05, 0) is 19.9 Å². The number of aromatic nitrogens is 2. The Morgan fingerprint density at radius 3 is 3.05 bits per heavy atom. The van der Waals surface area contributed by atoms with Gasteiger partial charge in [-0.1, -0.05) is 17.8 Å². The van der Waals surface area contributed by atoms with Crippen LogP contribution in [0.1, 0.15) is 11.8 Å². The molecule has 2 aromatic rings. The number of nitrogens with zero attached hydrogens (tertiary/aromatic N) is 2. The molecule has 21 heavy (non-hydrogen) atoms. The maximum atomic E-state index is 12.4. The summed E-state index contributed by atoms with van der Waals surface area (Å²) >= 11 is 2.78. The van der Waals surface area contributed by atoms with E-state index in [4.69, 9.17) is 0 Å². The van der Waals surface area contributed by atoms with Crippen LogP contribution in [0.15, 0.2) is 28.7 Å². The summed E-state index contributed by atoms with van der Waals surface area (Å²) in [5, 5.41) is 3.95. The van der Waals surface area contributed by atoms with Crippen LogP contribution in [0.4, 0.5) is 0 Å². The Morgan fingerprint density at radius 1 is 1.62 bits per heavy atom. The fourth-order valence-corrected chi connectivity index (χ4v) is 3.69. The van der Waals surface area contributed by atoms with Gasteiger partial charge in [-0.2, -0.15) is 0 Å². The third kappa shape index (κ3) is 3.54. The smallest absolute Gasteiger partial charge is 0.262 e. The summed E-state index contributed by atoms with van der Waals surface area (Å²) in [6, 6.07) is 1.87. The second-order valence-corrected chi connectivity index (χ2v) is 6.58. The van der Waals surface area contributed by atoms with E-state index in [-0.39, 0.29) is 17.2 Å². The summed E-state index contributed by atoms with van der Waals surface area (Å²) in [4.78, 5) is 30.4. The Hall–Kier alpha value is -1.60. The van der Waals surface area contributed by atoms with Crippen LogP contribution < -0.4 is 10.9 Å². The Labute approximate surface area is 131 Å². The van der Waals surface area contributed by atoms with Crippen LogP contribution in [0, 0.1) is 6.92 Å². The van der Waals surface area contributed by atoms with Gasteiger partial charge in [0.2, 0.25) is 5.91 Å². The molecule has 0 radical (unpaired) electrons. The fourth-order valence-electron chi connectivity index (χ4n) is 1.87. The van der Waals surface area contributed by atoms with Gasteiger partial charge in [-0.15, -0.1) is 17.9 Å². The van der Waals surface area contributed by atoms with Crippen molar-refractivity contribution in [1.29, 1.82) is 0 Å². The van der Waals surface area contributed by atoms with Crippen molar-refractivity contribution in [1.82, 2.24) is 14.9 Å². The lowest BCUT2D eigenvalue weighted by molar-refractivity contribution is -0.118. The first-order valence-corrected chi connectivity index (χ1v) is 8.38. The number of carbonyl (C=O) groups excluding carboxylic acids is 1. The monoisotopic (exact) mass is 323 g/mol. The van der Waals surface area contributed by atoms with E-state index in [2.05, 4.69) is 16.9 Å². The first-order valence-electron chi connectivity index (χ1n) is 6.58. The van der Waals surface area contributed by atoms with E-state index in [0.717, 1.165) is 9.71 Å². The molecule has 7 heteroatoms. The lowest BCUT2D eigenvalue weighted by atomic mass is 10.4. The predicted molar refractivity (Wildman–Crippen MR) is 88.2 cm³/mol. The van der Waals surface area contributed by atoms with Crippen molar-refractivity contribution in [2.24, 2.45) is 0 Å². The minimum Gasteiger partial charge on any atom is -0.352 e. The third-order valence-corrected chi connectivity index (χ3v) is 4.75. The topological polar surface area (TPSA) is 64.0 Å². The molecule has 5 nitrogen and oxygen atoms in total. The van der Waals surface area contributed by atoms with Gasteiger partial charge in [0.05, 0.1) is 11.1 Å². The Balaban J connectivity index is 2.28. The van der Waals surface area contributed by atoms with Crippen LogP contribution >= 0.6 is 23.1 Å². The van der Waals surface area contributed by atoms with Gasteiger partial charge < -0.3 is 5.32 Å². The zero-order chi connectivity index (χ0) is 15.4. The summed E-state index contributed by atoms with van der Waals surface area (Å²) < 4.78 is 1.61. The molecule has 112 valence electrons. The third-order valence-electron chi connectivity index (χ3n) is 2.83. The van der Waals surface area contributed by atoms with Crippen molar-refractivity contribution in [3.05, 3.63) is 34.0 Å². The average molecular weight is 323 g/mol. The first kappa shape index (κ1) is 15.8. The van der Waals surface area contributed by atoms with Crippen LogP contribution in [0.3, 0.4) is 0 Å². The zero-order valence-electron chi connectivity index (χ0n) is 12.0. The molecule has 0 aliphatic carbocycles. The highest BCUT2D eigenvalue weighted by Gasteiger charge is 2.13. The molecule has 0 fully saturated rings. The number of hydrogen-bond acceptors (Lipinski definition) is 5. The van der Waals surface area contributed by atoms with Gasteiger partial charge in [-0.25, -0.2) is 4.98 Å². The van der Waals surface area contributed by atoms with Crippen molar-refractivity contribution in [3.63, 3.8) is 0 Å². The number of fused-ring (bicyclic) bond motifs is 1. The standard InChI is InChI=1S/C14H17N3O2S2/c1-4-6-15-11(18)8-20-14-16-12-10(7-9(3)21-12)13(19)17(14)5-2/h4,7H,1,5-6,8H2,2-3H3,(H,15,18). The van der Waals surface area contributed by atoms with E-state index in [1.165, 1.54) is 23.1 Å². The highest BCUT2D eigenvalue weighted by molar-refractivity contribution is 7.99. The summed E-state index contributed by atoms with van der Waals surface area (Å²) in [5.74, 6) is 0.134. The number of thioether (sulfide) groups is 1. The lowest BCUT2D eigenvalue weighted by Crippen LogP contribution is -2.26. The molecular weight excluding hydrogens is 306 g/mol. The predicted octanol–water partition coefficient (Wildman–Crippen LogP) is 2.18. The van der Waals surface area contributed by atoms with Crippen molar-refractivity contribution < 1.29 is 4.79 Å². The highest BCUT2D eigenvalue weighted by Crippen LogP contribution is 2.23. The molecule has 0 unspecified atom stereocenters. The van der Waals surface area contributed by atoms with Crippen LogP contribution in [-0.4, -0.2) is 27.8 Å². The highest BCUT2D eigenvalue weighted by atomic mass is 32.2. The van der Waals surface area contributed by atoms with Gasteiger partial charge >= 0.3 is 0 Å². The van der Waals surface area contributed by atoms with E-state index in [0.29, 0.717) is 23.6 Å². The van der Waals surface area contributed by atoms with E-state index < -0.39 is 0 Å². The number of aryl methyl sites for hydroxylation is 1. The molecular formula is C14H17N3O2S2. The number of rotatable bonds is 6. The van der Waals surface area contributed by atoms with E-state index in [9.17, 15) is 9.59 Å². The normalized spacial score (nSPS) is 10.8. The lowest BCUT2D eigenvalue weighted by Gasteiger charge is -2.09. The van der Waals surface area contributed by atoms with Crippen LogP contribution in [0.2, 0.25) is 0 Å². The molecule has 1 amide bonds. The molecule has 0 saturated carbocycles. The Kier molecular flexibility index (Phi) is 5.19. The molecule has 0 aliphatic heterocycles.